The van der Waals surface area contributed by atoms with Gasteiger partial charge >= 0.3 is 6.09 Å². The van der Waals surface area contributed by atoms with Crippen LogP contribution >= 0.6 is 0 Å². The summed E-state index contributed by atoms with van der Waals surface area (Å²) in [5.41, 5.74) is 2.65. The van der Waals surface area contributed by atoms with Gasteiger partial charge in [-0.1, -0.05) is 6.08 Å². The monoisotopic (exact) mass is 342 g/mol. The Morgan fingerprint density at radius 1 is 1.32 bits per heavy atom. The number of hydrogen-bond acceptors (Lipinski definition) is 5. The van der Waals surface area contributed by atoms with Crippen molar-refractivity contribution in [3.05, 3.63) is 36.3 Å². The first-order chi connectivity index (χ1) is 11.9. The van der Waals surface area contributed by atoms with Crippen molar-refractivity contribution in [2.45, 2.75) is 44.9 Å². The molecule has 4 heterocycles. The first kappa shape index (κ1) is 16.1. The Hall–Kier alpha value is -2.41. The van der Waals surface area contributed by atoms with E-state index < -0.39 is 5.60 Å². The van der Waals surface area contributed by atoms with Crippen molar-refractivity contribution < 1.29 is 14.3 Å². The van der Waals surface area contributed by atoms with Crippen LogP contribution in [0, 0.1) is 0 Å². The average Bonchev–Trinajstić information content (AvgIpc) is 2.99. The van der Waals surface area contributed by atoms with Gasteiger partial charge in [0.25, 0.3) is 0 Å². The van der Waals surface area contributed by atoms with Crippen LogP contribution in [0.3, 0.4) is 0 Å². The number of aromatic nitrogens is 3. The maximum atomic E-state index is 12.6. The van der Waals surface area contributed by atoms with Crippen molar-refractivity contribution in [2.75, 3.05) is 13.2 Å². The third-order valence-electron chi connectivity index (χ3n) is 4.46. The number of pyridine rings is 1. The highest BCUT2D eigenvalue weighted by Gasteiger charge is 2.40. The fraction of sp³-hybridized carbons (Fsp3) is 0.500. The molecule has 2 aromatic heterocycles. The van der Waals surface area contributed by atoms with Crippen molar-refractivity contribution in [2.24, 2.45) is 0 Å². The number of ether oxygens (including phenoxy) is 2. The van der Waals surface area contributed by atoms with Gasteiger partial charge in [0.1, 0.15) is 11.9 Å². The van der Waals surface area contributed by atoms with Crippen LogP contribution in [0.15, 0.2) is 30.7 Å². The predicted octanol–water partition coefficient (Wildman–Crippen LogP) is 2.52. The second-order valence-electron chi connectivity index (χ2n) is 7.56. The minimum atomic E-state index is -0.504. The molecule has 25 heavy (non-hydrogen) atoms. The van der Waals surface area contributed by atoms with Gasteiger partial charge in [0.05, 0.1) is 25.3 Å². The predicted molar refractivity (Wildman–Crippen MR) is 92.0 cm³/mol. The summed E-state index contributed by atoms with van der Waals surface area (Å²) in [7, 11) is 0. The van der Waals surface area contributed by atoms with E-state index in [1.54, 1.807) is 6.33 Å². The lowest BCUT2D eigenvalue weighted by Crippen LogP contribution is -2.57. The fourth-order valence-corrected chi connectivity index (χ4v) is 3.43. The van der Waals surface area contributed by atoms with Crippen molar-refractivity contribution >= 4 is 17.3 Å². The molecular formula is C18H22N4O3. The summed E-state index contributed by atoms with van der Waals surface area (Å²) in [6.45, 7) is 6.68. The lowest BCUT2D eigenvalue weighted by molar-refractivity contribution is -0.0510. The highest BCUT2D eigenvalue weighted by molar-refractivity contribution is 5.75. The highest BCUT2D eigenvalue weighted by atomic mass is 16.6. The van der Waals surface area contributed by atoms with Gasteiger partial charge in [-0.05, 0) is 50.5 Å². The van der Waals surface area contributed by atoms with E-state index in [0.29, 0.717) is 13.2 Å². The Labute approximate surface area is 146 Å². The zero-order valence-electron chi connectivity index (χ0n) is 14.7. The lowest BCUT2D eigenvalue weighted by atomic mass is 9.91. The van der Waals surface area contributed by atoms with E-state index in [4.69, 9.17) is 9.47 Å². The molecule has 1 saturated heterocycles. The molecule has 7 heteroatoms. The molecule has 0 radical (unpaired) electrons. The quantitative estimate of drug-likeness (QED) is 0.796. The third-order valence-corrected chi connectivity index (χ3v) is 4.46. The number of rotatable bonds is 1. The van der Waals surface area contributed by atoms with Crippen LogP contribution in [-0.2, 0) is 9.47 Å². The van der Waals surface area contributed by atoms with Crippen LogP contribution in [-0.4, -0.2) is 56.5 Å². The SMILES string of the molecule is CC(C)(C)OC(=O)N1C2C=C(c3ccc4nncn4c3)CC1COC2. The van der Waals surface area contributed by atoms with Gasteiger partial charge in [-0.25, -0.2) is 4.79 Å². The molecule has 2 unspecified atom stereocenters. The van der Waals surface area contributed by atoms with Crippen LogP contribution in [0.4, 0.5) is 4.79 Å². The van der Waals surface area contributed by atoms with E-state index in [9.17, 15) is 4.79 Å². The van der Waals surface area contributed by atoms with Gasteiger partial charge in [-0.2, -0.15) is 0 Å². The van der Waals surface area contributed by atoms with Gasteiger partial charge in [-0.15, -0.1) is 10.2 Å². The van der Waals surface area contributed by atoms with Gasteiger partial charge in [0.15, 0.2) is 5.65 Å². The molecule has 1 amide bonds. The van der Waals surface area contributed by atoms with E-state index >= 15 is 0 Å². The molecule has 2 atom stereocenters. The largest absolute Gasteiger partial charge is 0.444 e. The van der Waals surface area contributed by atoms with E-state index in [2.05, 4.69) is 22.3 Å². The number of carbonyl (C=O) groups is 1. The fourth-order valence-electron chi connectivity index (χ4n) is 3.43. The van der Waals surface area contributed by atoms with Crippen molar-refractivity contribution in [3.63, 3.8) is 0 Å². The summed E-state index contributed by atoms with van der Waals surface area (Å²) >= 11 is 0. The molecule has 2 aliphatic rings. The topological polar surface area (TPSA) is 69.0 Å². The number of nitrogens with zero attached hydrogens (tertiary/aromatic N) is 4. The van der Waals surface area contributed by atoms with Crippen LogP contribution in [0.1, 0.15) is 32.8 Å². The maximum absolute atomic E-state index is 12.6. The summed E-state index contributed by atoms with van der Waals surface area (Å²) < 4.78 is 13.2. The van der Waals surface area contributed by atoms with Gasteiger partial charge in [0, 0.05) is 6.20 Å². The van der Waals surface area contributed by atoms with Crippen LogP contribution in [0.2, 0.25) is 0 Å². The number of carbonyl (C=O) groups excluding carboxylic acids is 1. The zero-order chi connectivity index (χ0) is 17.6. The van der Waals surface area contributed by atoms with Crippen molar-refractivity contribution in [3.8, 4) is 0 Å². The van der Waals surface area contributed by atoms with E-state index in [1.165, 1.54) is 5.57 Å². The lowest BCUT2D eigenvalue weighted by Gasteiger charge is -2.44. The van der Waals surface area contributed by atoms with E-state index in [-0.39, 0.29) is 18.2 Å². The summed E-state index contributed by atoms with van der Waals surface area (Å²) in [6, 6.07) is 3.89. The normalized spacial score (nSPS) is 23.5. The second kappa shape index (κ2) is 5.84. The van der Waals surface area contributed by atoms with Crippen LogP contribution in [0.5, 0.6) is 0 Å². The summed E-state index contributed by atoms with van der Waals surface area (Å²) in [5, 5.41) is 7.95. The average molecular weight is 342 g/mol. The summed E-state index contributed by atoms with van der Waals surface area (Å²) in [4.78, 5) is 14.4. The van der Waals surface area contributed by atoms with Crippen LogP contribution in [0.25, 0.3) is 11.2 Å². The Bertz CT molecular complexity index is 836. The van der Waals surface area contributed by atoms with E-state index in [1.807, 2.05) is 42.3 Å². The van der Waals surface area contributed by atoms with Crippen molar-refractivity contribution in [1.29, 1.82) is 0 Å². The summed E-state index contributed by atoms with van der Waals surface area (Å²) in [6.07, 6.45) is 6.31. The van der Waals surface area contributed by atoms with Gasteiger partial charge < -0.3 is 9.47 Å². The maximum Gasteiger partial charge on any atom is 0.411 e. The number of amides is 1. The molecule has 0 spiro atoms. The Kier molecular flexibility index (Phi) is 3.76. The molecule has 4 rings (SSSR count). The molecule has 0 aliphatic carbocycles. The molecule has 0 saturated carbocycles. The Morgan fingerprint density at radius 3 is 2.92 bits per heavy atom. The molecule has 0 aromatic carbocycles. The molecule has 7 nitrogen and oxygen atoms in total. The Balaban J connectivity index is 1.63. The molecule has 0 N–H and O–H groups in total. The molecule has 2 aromatic rings. The zero-order valence-corrected chi connectivity index (χ0v) is 14.7. The first-order valence-corrected chi connectivity index (χ1v) is 8.50. The number of fused-ring (bicyclic) bond motifs is 3. The molecular weight excluding hydrogens is 320 g/mol. The minimum Gasteiger partial charge on any atom is -0.444 e. The van der Waals surface area contributed by atoms with Crippen molar-refractivity contribution in [1.82, 2.24) is 19.5 Å². The minimum absolute atomic E-state index is 0.00907. The van der Waals surface area contributed by atoms with Gasteiger partial charge in [-0.3, -0.25) is 9.30 Å². The highest BCUT2D eigenvalue weighted by Crippen LogP contribution is 2.33. The summed E-state index contributed by atoms with van der Waals surface area (Å²) in [5.74, 6) is 0. The molecule has 2 aliphatic heterocycles. The van der Waals surface area contributed by atoms with Crippen LogP contribution < -0.4 is 0 Å². The van der Waals surface area contributed by atoms with Gasteiger partial charge in [0.2, 0.25) is 0 Å². The molecule has 132 valence electrons. The number of morpholine rings is 1. The van der Waals surface area contributed by atoms with E-state index in [0.717, 1.165) is 17.6 Å². The molecule has 1 fully saturated rings. The standard InChI is InChI=1S/C18H22N4O3/c1-18(2,3)25-17(23)22-14-6-13(7-15(22)10-24-9-14)12-4-5-16-20-19-11-21(16)8-12/h4-6,8,11,14-15H,7,9-10H2,1-3H3. The first-order valence-electron chi connectivity index (χ1n) is 8.50. The molecule has 2 bridgehead atoms. The Morgan fingerprint density at radius 2 is 2.16 bits per heavy atom. The smallest absolute Gasteiger partial charge is 0.411 e. The number of hydrogen-bond donors (Lipinski definition) is 0. The third kappa shape index (κ3) is 3.11. The second-order valence-corrected chi connectivity index (χ2v) is 7.56.